The molecule has 3 N–H and O–H groups in total. The lowest BCUT2D eigenvalue weighted by Crippen LogP contribution is -2.45. The minimum absolute atomic E-state index is 0.0919. The van der Waals surface area contributed by atoms with Gasteiger partial charge in [0.25, 0.3) is 11.8 Å². The van der Waals surface area contributed by atoms with Crippen molar-refractivity contribution in [2.75, 3.05) is 19.0 Å². The highest BCUT2D eigenvalue weighted by Gasteiger charge is 2.51. The molecular weight excluding hydrogens is 416 g/mol. The van der Waals surface area contributed by atoms with Gasteiger partial charge in [-0.25, -0.2) is 13.6 Å². The first-order valence-corrected chi connectivity index (χ1v) is 9.40. The van der Waals surface area contributed by atoms with Gasteiger partial charge < -0.3 is 24.9 Å². The zero-order chi connectivity index (χ0) is 23.1. The van der Waals surface area contributed by atoms with E-state index in [2.05, 4.69) is 5.32 Å². The number of halogens is 2. The minimum Gasteiger partial charge on any atom is -0.497 e. The highest BCUT2D eigenvalue weighted by Crippen LogP contribution is 2.36. The number of nitrogens with one attached hydrogen (secondary N) is 1. The summed E-state index contributed by atoms with van der Waals surface area (Å²) in [6, 6.07) is 3.05. The first kappa shape index (κ1) is 22.3. The normalized spacial score (nSPS) is 18.1. The van der Waals surface area contributed by atoms with Gasteiger partial charge in [-0.15, -0.1) is 0 Å². The smallest absolute Gasteiger partial charge is 0.411 e. The summed E-state index contributed by atoms with van der Waals surface area (Å²) in [5.41, 5.74) is 4.54. The van der Waals surface area contributed by atoms with Crippen LogP contribution in [0, 0.1) is 0 Å². The van der Waals surface area contributed by atoms with Gasteiger partial charge in [-0.1, -0.05) is 0 Å². The van der Waals surface area contributed by atoms with Crippen molar-refractivity contribution in [2.45, 2.75) is 44.8 Å². The van der Waals surface area contributed by atoms with E-state index in [1.807, 2.05) is 0 Å². The van der Waals surface area contributed by atoms with Crippen LogP contribution in [0.25, 0.3) is 11.0 Å². The largest absolute Gasteiger partial charge is 0.497 e. The zero-order valence-corrected chi connectivity index (χ0v) is 17.5. The quantitative estimate of drug-likeness (QED) is 0.754. The van der Waals surface area contributed by atoms with Gasteiger partial charge in [0.1, 0.15) is 28.7 Å². The molecule has 2 aromatic rings. The van der Waals surface area contributed by atoms with Gasteiger partial charge in [-0.2, -0.15) is 0 Å². The van der Waals surface area contributed by atoms with Crippen LogP contribution in [0.4, 0.5) is 19.3 Å². The van der Waals surface area contributed by atoms with Crippen LogP contribution in [-0.2, 0) is 9.53 Å². The molecular formula is C20H23F2N3O6. The SMILES string of the molecule is COc1ccc2oc(C(N)=O)c(NC(=O)C3CC(F)(F)CN3C(=O)OC(C)(C)C)c2c1. The third kappa shape index (κ3) is 4.70. The van der Waals surface area contributed by atoms with Crippen LogP contribution in [-0.4, -0.2) is 54.0 Å². The predicted octanol–water partition coefficient (Wildman–Crippen LogP) is 3.12. The highest BCUT2D eigenvalue weighted by molar-refractivity contribution is 6.11. The molecule has 1 aromatic carbocycles. The summed E-state index contributed by atoms with van der Waals surface area (Å²) < 4.78 is 43.9. The molecule has 1 aliphatic rings. The first-order chi connectivity index (χ1) is 14.3. The van der Waals surface area contributed by atoms with Crippen LogP contribution in [0.1, 0.15) is 37.7 Å². The Kier molecular flexibility index (Phi) is 5.55. The van der Waals surface area contributed by atoms with E-state index in [0.29, 0.717) is 10.6 Å². The number of amides is 3. The van der Waals surface area contributed by atoms with E-state index in [1.165, 1.54) is 19.2 Å². The summed E-state index contributed by atoms with van der Waals surface area (Å²) in [5.74, 6) is -5.14. The van der Waals surface area contributed by atoms with Gasteiger partial charge in [0.2, 0.25) is 11.7 Å². The van der Waals surface area contributed by atoms with E-state index in [4.69, 9.17) is 19.6 Å². The predicted molar refractivity (Wildman–Crippen MR) is 106 cm³/mol. The number of alkyl halides is 2. The number of primary amides is 1. The maximum Gasteiger partial charge on any atom is 0.411 e. The van der Waals surface area contributed by atoms with Crippen molar-refractivity contribution in [3.63, 3.8) is 0 Å². The van der Waals surface area contributed by atoms with Crippen molar-refractivity contribution in [1.29, 1.82) is 0 Å². The van der Waals surface area contributed by atoms with Crippen LogP contribution < -0.4 is 15.8 Å². The Balaban J connectivity index is 1.95. The fourth-order valence-corrected chi connectivity index (χ4v) is 3.27. The third-order valence-corrected chi connectivity index (χ3v) is 4.57. The molecule has 9 nitrogen and oxygen atoms in total. The van der Waals surface area contributed by atoms with Crippen LogP contribution in [0.15, 0.2) is 22.6 Å². The number of carbonyl (C=O) groups is 3. The molecule has 0 saturated carbocycles. The monoisotopic (exact) mass is 439 g/mol. The molecule has 1 unspecified atom stereocenters. The van der Waals surface area contributed by atoms with Crippen LogP contribution in [0.2, 0.25) is 0 Å². The lowest BCUT2D eigenvalue weighted by atomic mass is 10.1. The van der Waals surface area contributed by atoms with Gasteiger partial charge >= 0.3 is 6.09 Å². The van der Waals surface area contributed by atoms with E-state index in [0.717, 1.165) is 0 Å². The molecule has 0 radical (unpaired) electrons. The standard InChI is InChI=1S/C20H23F2N3O6/c1-19(2,3)31-18(28)25-9-20(21,22)8-12(25)17(27)24-14-11-7-10(29-4)5-6-13(11)30-15(14)16(23)26/h5-7,12H,8-9H2,1-4H3,(H2,23,26)(H,24,27). The molecule has 11 heteroatoms. The molecule has 2 heterocycles. The van der Waals surface area contributed by atoms with E-state index in [1.54, 1.807) is 26.8 Å². The van der Waals surface area contributed by atoms with E-state index in [-0.39, 0.29) is 22.4 Å². The summed E-state index contributed by atoms with van der Waals surface area (Å²) in [5, 5.41) is 2.71. The van der Waals surface area contributed by atoms with Crippen LogP contribution in [0.3, 0.4) is 0 Å². The number of rotatable bonds is 4. The average molecular weight is 439 g/mol. The summed E-state index contributed by atoms with van der Waals surface area (Å²) in [6.07, 6.45) is -1.94. The average Bonchev–Trinajstić information content (AvgIpc) is 3.17. The first-order valence-electron chi connectivity index (χ1n) is 9.40. The van der Waals surface area contributed by atoms with Crippen LogP contribution in [0.5, 0.6) is 5.75 Å². The van der Waals surface area contributed by atoms with E-state index in [9.17, 15) is 23.2 Å². The Labute approximate surface area is 176 Å². The maximum absolute atomic E-state index is 14.1. The number of methoxy groups -OCH3 is 1. The molecule has 3 rings (SSSR count). The number of nitrogens with two attached hydrogens (primary N) is 1. The number of benzene rings is 1. The van der Waals surface area contributed by atoms with Gasteiger partial charge in [0.15, 0.2) is 0 Å². The number of nitrogens with zero attached hydrogens (tertiary/aromatic N) is 1. The lowest BCUT2D eigenvalue weighted by Gasteiger charge is -2.27. The Morgan fingerprint density at radius 1 is 1.29 bits per heavy atom. The fourth-order valence-electron chi connectivity index (χ4n) is 3.27. The van der Waals surface area contributed by atoms with Crippen molar-refractivity contribution in [2.24, 2.45) is 5.73 Å². The van der Waals surface area contributed by atoms with Crippen molar-refractivity contribution >= 4 is 34.6 Å². The molecule has 0 spiro atoms. The Bertz CT molecular complexity index is 1040. The second-order valence-electron chi connectivity index (χ2n) is 8.21. The minimum atomic E-state index is -3.28. The number of hydrogen-bond donors (Lipinski definition) is 2. The molecule has 0 aliphatic carbocycles. The van der Waals surface area contributed by atoms with E-state index >= 15 is 0 Å². The number of fused-ring (bicyclic) bond motifs is 1. The second kappa shape index (κ2) is 7.71. The molecule has 1 aliphatic heterocycles. The van der Waals surface area contributed by atoms with Gasteiger partial charge in [0, 0.05) is 11.8 Å². The number of ether oxygens (including phenoxy) is 2. The summed E-state index contributed by atoms with van der Waals surface area (Å²) in [4.78, 5) is 37.8. The lowest BCUT2D eigenvalue weighted by molar-refractivity contribution is -0.120. The zero-order valence-electron chi connectivity index (χ0n) is 17.5. The molecule has 0 bridgehead atoms. The molecule has 168 valence electrons. The Hall–Kier alpha value is -3.37. The summed E-state index contributed by atoms with van der Waals surface area (Å²) >= 11 is 0. The van der Waals surface area contributed by atoms with Crippen molar-refractivity contribution in [1.82, 2.24) is 4.90 Å². The number of hydrogen-bond acceptors (Lipinski definition) is 6. The molecule has 1 atom stereocenters. The number of anilines is 1. The van der Waals surface area contributed by atoms with Crippen LogP contribution >= 0.6 is 0 Å². The molecule has 1 saturated heterocycles. The molecule has 1 fully saturated rings. The Morgan fingerprint density at radius 3 is 2.55 bits per heavy atom. The van der Waals surface area contributed by atoms with Crippen molar-refractivity contribution < 1.29 is 37.1 Å². The van der Waals surface area contributed by atoms with Gasteiger partial charge in [-0.3, -0.25) is 14.5 Å². The molecule has 1 aromatic heterocycles. The third-order valence-electron chi connectivity index (χ3n) is 4.57. The fraction of sp³-hybridized carbons (Fsp3) is 0.450. The van der Waals surface area contributed by atoms with Gasteiger partial charge in [0.05, 0.1) is 13.7 Å². The summed E-state index contributed by atoms with van der Waals surface area (Å²) in [7, 11) is 1.42. The summed E-state index contributed by atoms with van der Waals surface area (Å²) in [6.45, 7) is 3.78. The van der Waals surface area contributed by atoms with Crippen molar-refractivity contribution in [3.05, 3.63) is 24.0 Å². The van der Waals surface area contributed by atoms with Gasteiger partial charge in [-0.05, 0) is 39.0 Å². The van der Waals surface area contributed by atoms with E-state index < -0.39 is 48.4 Å². The maximum atomic E-state index is 14.1. The van der Waals surface area contributed by atoms with Crippen molar-refractivity contribution in [3.8, 4) is 5.75 Å². The number of furan rings is 1. The topological polar surface area (TPSA) is 124 Å². The number of carbonyl (C=O) groups excluding carboxylic acids is 3. The number of likely N-dealkylation sites (tertiary alicyclic amines) is 1. The molecule has 31 heavy (non-hydrogen) atoms. The second-order valence-corrected chi connectivity index (χ2v) is 8.21. The highest BCUT2D eigenvalue weighted by atomic mass is 19.3. The Morgan fingerprint density at radius 2 is 1.97 bits per heavy atom. The molecule has 3 amide bonds.